The van der Waals surface area contributed by atoms with E-state index in [1.165, 1.54) is 0 Å². The van der Waals surface area contributed by atoms with Gasteiger partial charge in [0.25, 0.3) is 0 Å². The molecule has 4 nitrogen and oxygen atoms in total. The second-order valence-corrected chi connectivity index (χ2v) is 4.90. The largest absolute Gasteiger partial charge is 0.388 e. The fraction of sp³-hybridized carbons (Fsp3) is 0.176. The second kappa shape index (κ2) is 6.33. The van der Waals surface area contributed by atoms with E-state index in [1.54, 1.807) is 0 Å². The molecule has 21 heavy (non-hydrogen) atoms. The molecule has 0 saturated heterocycles. The van der Waals surface area contributed by atoms with Gasteiger partial charge in [-0.3, -0.25) is 0 Å². The van der Waals surface area contributed by atoms with Crippen LogP contribution in [0.4, 0.5) is 0 Å². The minimum atomic E-state index is -0.628. The second-order valence-electron chi connectivity index (χ2n) is 4.90. The molecule has 0 amide bonds. The van der Waals surface area contributed by atoms with Gasteiger partial charge in [0.1, 0.15) is 0 Å². The molecule has 4 heteroatoms. The summed E-state index contributed by atoms with van der Waals surface area (Å²) in [5.41, 5.74) is 1.98. The summed E-state index contributed by atoms with van der Waals surface area (Å²) in [4.78, 5) is 4.33. The molecule has 0 saturated carbocycles. The van der Waals surface area contributed by atoms with Crippen molar-refractivity contribution in [2.24, 2.45) is 0 Å². The molecule has 106 valence electrons. The number of aliphatic hydroxyl groups excluding tert-OH is 1. The molecule has 1 unspecified atom stereocenters. The van der Waals surface area contributed by atoms with Crippen LogP contribution < -0.4 is 0 Å². The van der Waals surface area contributed by atoms with E-state index < -0.39 is 6.10 Å². The van der Waals surface area contributed by atoms with Gasteiger partial charge in [-0.2, -0.15) is 4.98 Å². The Balaban J connectivity index is 1.65. The Hall–Kier alpha value is -2.46. The molecule has 1 atom stereocenters. The highest BCUT2D eigenvalue weighted by molar-refractivity contribution is 5.19. The van der Waals surface area contributed by atoms with Crippen LogP contribution in [0.25, 0.3) is 0 Å². The molecule has 0 fully saturated rings. The summed E-state index contributed by atoms with van der Waals surface area (Å²) in [6, 6.07) is 19.5. The lowest BCUT2D eigenvalue weighted by Crippen LogP contribution is -2.02. The highest BCUT2D eigenvalue weighted by Gasteiger charge is 2.14. The van der Waals surface area contributed by atoms with Crippen molar-refractivity contribution in [2.75, 3.05) is 0 Å². The Bertz CT molecular complexity index is 680. The van der Waals surface area contributed by atoms with Crippen LogP contribution in [-0.2, 0) is 12.8 Å². The molecule has 3 aromatic rings. The number of aliphatic hydroxyl groups is 1. The Labute approximate surface area is 123 Å². The van der Waals surface area contributed by atoms with Gasteiger partial charge in [-0.25, -0.2) is 0 Å². The van der Waals surface area contributed by atoms with Crippen LogP contribution in [0.1, 0.15) is 28.9 Å². The van der Waals surface area contributed by atoms with Gasteiger partial charge in [-0.1, -0.05) is 65.8 Å². The first kappa shape index (κ1) is 13.5. The zero-order valence-corrected chi connectivity index (χ0v) is 11.5. The number of nitrogens with zero attached hydrogens (tertiary/aromatic N) is 2. The first-order valence-corrected chi connectivity index (χ1v) is 6.89. The molecular weight excluding hydrogens is 264 g/mol. The Morgan fingerprint density at radius 1 is 0.952 bits per heavy atom. The summed E-state index contributed by atoms with van der Waals surface area (Å²) in [6.45, 7) is 0. The number of hydrogen-bond acceptors (Lipinski definition) is 4. The standard InChI is InChI=1S/C17H16N2O2/c20-15(14-9-5-2-6-10-14)12-17-18-16(19-21-17)11-13-7-3-1-4-8-13/h1-10,15,20H,11-12H2. The van der Waals surface area contributed by atoms with Gasteiger partial charge in [-0.05, 0) is 11.1 Å². The highest BCUT2D eigenvalue weighted by atomic mass is 16.5. The van der Waals surface area contributed by atoms with Crippen LogP contribution in [-0.4, -0.2) is 15.2 Å². The summed E-state index contributed by atoms with van der Waals surface area (Å²) in [5.74, 6) is 1.09. The quantitative estimate of drug-likeness (QED) is 0.780. The van der Waals surface area contributed by atoms with E-state index in [4.69, 9.17) is 4.52 Å². The first-order chi connectivity index (χ1) is 10.3. The fourth-order valence-electron chi connectivity index (χ4n) is 2.18. The smallest absolute Gasteiger partial charge is 0.229 e. The molecular formula is C17H16N2O2. The van der Waals surface area contributed by atoms with Crippen molar-refractivity contribution in [3.8, 4) is 0 Å². The summed E-state index contributed by atoms with van der Waals surface area (Å²) in [6.07, 6.45) is 0.327. The topological polar surface area (TPSA) is 59.2 Å². The van der Waals surface area contributed by atoms with Gasteiger partial charge in [0, 0.05) is 6.42 Å². The van der Waals surface area contributed by atoms with Gasteiger partial charge in [-0.15, -0.1) is 0 Å². The molecule has 0 bridgehead atoms. The van der Waals surface area contributed by atoms with Crippen molar-refractivity contribution in [3.05, 3.63) is 83.5 Å². The summed E-state index contributed by atoms with van der Waals surface area (Å²) < 4.78 is 5.21. The lowest BCUT2D eigenvalue weighted by molar-refractivity contribution is 0.164. The SMILES string of the molecule is OC(Cc1nc(Cc2ccccc2)no1)c1ccccc1. The summed E-state index contributed by atoms with van der Waals surface area (Å²) in [7, 11) is 0. The number of aromatic nitrogens is 2. The zero-order chi connectivity index (χ0) is 14.5. The van der Waals surface area contributed by atoms with Crippen molar-refractivity contribution in [1.82, 2.24) is 10.1 Å². The lowest BCUT2D eigenvalue weighted by atomic mass is 10.1. The average molecular weight is 280 g/mol. The van der Waals surface area contributed by atoms with E-state index in [1.807, 2.05) is 60.7 Å². The molecule has 1 N–H and O–H groups in total. The van der Waals surface area contributed by atoms with Crippen molar-refractivity contribution in [1.29, 1.82) is 0 Å². The minimum absolute atomic E-state index is 0.325. The molecule has 0 aliphatic carbocycles. The zero-order valence-electron chi connectivity index (χ0n) is 11.5. The third-order valence-electron chi connectivity index (χ3n) is 3.27. The molecule has 0 aliphatic rings. The third kappa shape index (κ3) is 3.55. The van der Waals surface area contributed by atoms with E-state index in [0.29, 0.717) is 24.6 Å². The highest BCUT2D eigenvalue weighted by Crippen LogP contribution is 2.17. The fourth-order valence-corrected chi connectivity index (χ4v) is 2.18. The predicted molar refractivity (Wildman–Crippen MR) is 78.7 cm³/mol. The maximum atomic E-state index is 10.1. The monoisotopic (exact) mass is 280 g/mol. The average Bonchev–Trinajstić information content (AvgIpc) is 2.96. The van der Waals surface area contributed by atoms with Gasteiger partial charge < -0.3 is 9.63 Å². The van der Waals surface area contributed by atoms with E-state index in [-0.39, 0.29) is 0 Å². The van der Waals surface area contributed by atoms with Crippen molar-refractivity contribution >= 4 is 0 Å². The Kier molecular flexibility index (Phi) is 4.07. The molecule has 1 heterocycles. The van der Waals surface area contributed by atoms with Gasteiger partial charge in [0.2, 0.25) is 5.89 Å². The molecule has 0 radical (unpaired) electrons. The first-order valence-electron chi connectivity index (χ1n) is 6.89. The van der Waals surface area contributed by atoms with Gasteiger partial charge >= 0.3 is 0 Å². The summed E-state index contributed by atoms with van der Waals surface area (Å²) in [5, 5.41) is 14.1. The van der Waals surface area contributed by atoms with Crippen molar-refractivity contribution in [3.63, 3.8) is 0 Å². The molecule has 2 aromatic carbocycles. The van der Waals surface area contributed by atoms with E-state index in [9.17, 15) is 5.11 Å². The van der Waals surface area contributed by atoms with Crippen molar-refractivity contribution < 1.29 is 9.63 Å². The Morgan fingerprint density at radius 3 is 2.33 bits per heavy atom. The van der Waals surface area contributed by atoms with Gasteiger partial charge in [0.05, 0.1) is 12.5 Å². The Morgan fingerprint density at radius 2 is 1.62 bits per heavy atom. The van der Waals surface area contributed by atoms with Crippen LogP contribution in [0.5, 0.6) is 0 Å². The van der Waals surface area contributed by atoms with Crippen LogP contribution in [0.2, 0.25) is 0 Å². The number of rotatable bonds is 5. The van der Waals surface area contributed by atoms with Crippen LogP contribution in [0.15, 0.2) is 65.2 Å². The van der Waals surface area contributed by atoms with E-state index >= 15 is 0 Å². The predicted octanol–water partition coefficient (Wildman–Crippen LogP) is 2.94. The summed E-state index contributed by atoms with van der Waals surface area (Å²) >= 11 is 0. The number of benzene rings is 2. The van der Waals surface area contributed by atoms with Crippen LogP contribution >= 0.6 is 0 Å². The third-order valence-corrected chi connectivity index (χ3v) is 3.27. The normalized spacial score (nSPS) is 12.2. The molecule has 3 rings (SSSR count). The molecule has 0 spiro atoms. The van der Waals surface area contributed by atoms with Gasteiger partial charge in [0.15, 0.2) is 5.82 Å². The van der Waals surface area contributed by atoms with E-state index in [2.05, 4.69) is 10.1 Å². The maximum Gasteiger partial charge on any atom is 0.229 e. The van der Waals surface area contributed by atoms with Crippen molar-refractivity contribution in [2.45, 2.75) is 18.9 Å². The molecule has 1 aromatic heterocycles. The van der Waals surface area contributed by atoms with E-state index in [0.717, 1.165) is 11.1 Å². The number of hydrogen-bond donors (Lipinski definition) is 1. The van der Waals surface area contributed by atoms with Crippen LogP contribution in [0.3, 0.4) is 0 Å². The van der Waals surface area contributed by atoms with Crippen LogP contribution in [0, 0.1) is 0 Å². The molecule has 0 aliphatic heterocycles. The maximum absolute atomic E-state index is 10.1. The lowest BCUT2D eigenvalue weighted by Gasteiger charge is -2.07. The minimum Gasteiger partial charge on any atom is -0.388 e.